The van der Waals surface area contributed by atoms with E-state index in [2.05, 4.69) is 15.4 Å². The third kappa shape index (κ3) is 3.75. The quantitative estimate of drug-likeness (QED) is 0.296. The molecule has 0 atom stereocenters. The monoisotopic (exact) mass is 499 g/mol. The molecule has 6 rings (SSSR count). The average Bonchev–Trinajstić information content (AvgIpc) is 3.18. The lowest BCUT2D eigenvalue weighted by atomic mass is 9.86. The Morgan fingerprint density at radius 1 is 0.892 bits per heavy atom. The molecule has 1 saturated heterocycles. The zero-order valence-electron chi connectivity index (χ0n) is 21.2. The van der Waals surface area contributed by atoms with Gasteiger partial charge in [-0.2, -0.15) is 0 Å². The predicted octanol–water partition coefficient (Wildman–Crippen LogP) is 6.19. The van der Waals surface area contributed by atoms with E-state index >= 15 is 0 Å². The van der Waals surface area contributed by atoms with E-state index in [1.807, 2.05) is 42.5 Å². The molecule has 8 heteroatoms. The standard InChI is InChI=1S/C29H29N3O5/c1-34-22-14-17(15-23(35-2)29(22)36-3)30-20-16-21(32-12-8-4-5-9-13-32)26-25-24(20)27(33)18-10-6-7-11-19(18)28(25)37-31-26/h6-7,10-11,14-16,30H,4-5,8-9,12-13H2,1-3H3. The maximum Gasteiger partial charge on any atom is 0.203 e. The molecule has 190 valence electrons. The van der Waals surface area contributed by atoms with Crippen molar-refractivity contribution in [2.45, 2.75) is 25.7 Å². The molecular weight excluding hydrogens is 470 g/mol. The molecule has 3 aromatic carbocycles. The number of benzene rings is 3. The summed E-state index contributed by atoms with van der Waals surface area (Å²) in [6, 6.07) is 13.2. The first-order valence-corrected chi connectivity index (χ1v) is 12.6. The Bertz CT molecular complexity index is 1480. The number of ether oxygens (including phenoxy) is 3. The van der Waals surface area contributed by atoms with Gasteiger partial charge >= 0.3 is 0 Å². The number of methoxy groups -OCH3 is 3. The molecule has 37 heavy (non-hydrogen) atoms. The molecule has 0 unspecified atom stereocenters. The molecular formula is C29H29N3O5. The second-order valence-electron chi connectivity index (χ2n) is 9.37. The summed E-state index contributed by atoms with van der Waals surface area (Å²) < 4.78 is 22.5. The van der Waals surface area contributed by atoms with Gasteiger partial charge in [-0.3, -0.25) is 4.79 Å². The Labute approximate surface area is 215 Å². The third-order valence-corrected chi connectivity index (χ3v) is 7.27. The predicted molar refractivity (Wildman–Crippen MR) is 143 cm³/mol. The first-order chi connectivity index (χ1) is 18.1. The van der Waals surface area contributed by atoms with Crippen molar-refractivity contribution in [3.8, 4) is 28.6 Å². The summed E-state index contributed by atoms with van der Waals surface area (Å²) in [7, 11) is 4.74. The van der Waals surface area contributed by atoms with Gasteiger partial charge in [-0.25, -0.2) is 0 Å². The van der Waals surface area contributed by atoms with E-state index in [-0.39, 0.29) is 5.78 Å². The van der Waals surface area contributed by atoms with Crippen LogP contribution in [-0.4, -0.2) is 45.4 Å². The summed E-state index contributed by atoms with van der Waals surface area (Å²) in [6.07, 6.45) is 4.66. The highest BCUT2D eigenvalue weighted by molar-refractivity contribution is 6.28. The molecule has 0 radical (unpaired) electrons. The average molecular weight is 500 g/mol. The van der Waals surface area contributed by atoms with Crippen LogP contribution < -0.4 is 24.4 Å². The summed E-state index contributed by atoms with van der Waals surface area (Å²) in [4.78, 5) is 16.3. The van der Waals surface area contributed by atoms with Gasteiger partial charge in [0, 0.05) is 42.0 Å². The molecule has 0 saturated carbocycles. The number of ketones is 1. The summed E-state index contributed by atoms with van der Waals surface area (Å²) in [5.41, 5.74) is 5.01. The molecule has 0 amide bonds. The lowest BCUT2D eigenvalue weighted by molar-refractivity contribution is 0.104. The van der Waals surface area contributed by atoms with Gasteiger partial charge < -0.3 is 29.0 Å². The molecule has 8 nitrogen and oxygen atoms in total. The topological polar surface area (TPSA) is 86.1 Å². The fraction of sp³-hybridized carbons (Fsp3) is 0.310. The number of rotatable bonds is 6. The molecule has 1 fully saturated rings. The van der Waals surface area contributed by atoms with E-state index < -0.39 is 0 Å². The van der Waals surface area contributed by atoms with Gasteiger partial charge in [-0.1, -0.05) is 42.3 Å². The Hall–Kier alpha value is -4.20. The number of hydrogen-bond acceptors (Lipinski definition) is 8. The van der Waals surface area contributed by atoms with Crippen molar-refractivity contribution >= 4 is 33.7 Å². The van der Waals surface area contributed by atoms with Gasteiger partial charge in [0.1, 0.15) is 5.52 Å². The van der Waals surface area contributed by atoms with Crippen molar-refractivity contribution in [3.63, 3.8) is 0 Å². The number of fused-ring (bicyclic) bond motifs is 2. The van der Waals surface area contributed by atoms with Crippen LogP contribution in [0.1, 0.15) is 41.6 Å². The third-order valence-electron chi connectivity index (χ3n) is 7.27. The number of nitrogens with one attached hydrogen (secondary N) is 1. The number of carbonyl (C=O) groups is 1. The van der Waals surface area contributed by atoms with Gasteiger partial charge in [0.15, 0.2) is 23.0 Å². The minimum Gasteiger partial charge on any atom is -0.493 e. The molecule has 0 bridgehead atoms. The molecule has 1 N–H and O–H groups in total. The number of nitrogens with zero attached hydrogens (tertiary/aromatic N) is 2. The maximum atomic E-state index is 13.9. The van der Waals surface area contributed by atoms with Crippen LogP contribution in [0.3, 0.4) is 0 Å². The van der Waals surface area contributed by atoms with E-state index in [4.69, 9.17) is 18.7 Å². The molecule has 1 aliphatic heterocycles. The Kier molecular flexibility index (Phi) is 5.87. The SMILES string of the molecule is COc1cc(Nc2cc(N3CCCCCC3)c3noc4c3c2C(=O)c2ccccc2-4)cc(OC)c1OC. The van der Waals surface area contributed by atoms with Gasteiger partial charge in [-0.05, 0) is 18.9 Å². The highest BCUT2D eigenvalue weighted by Crippen LogP contribution is 2.47. The lowest BCUT2D eigenvalue weighted by Gasteiger charge is -2.26. The van der Waals surface area contributed by atoms with Crippen LogP contribution in [-0.2, 0) is 0 Å². The minimum atomic E-state index is -0.0614. The van der Waals surface area contributed by atoms with Crippen molar-refractivity contribution in [3.05, 3.63) is 53.6 Å². The zero-order valence-corrected chi connectivity index (χ0v) is 21.2. The van der Waals surface area contributed by atoms with Crippen LogP contribution in [0.5, 0.6) is 17.2 Å². The second kappa shape index (κ2) is 9.35. The highest BCUT2D eigenvalue weighted by Gasteiger charge is 2.34. The summed E-state index contributed by atoms with van der Waals surface area (Å²) in [5, 5.41) is 8.74. The number of anilines is 3. The van der Waals surface area contributed by atoms with Crippen molar-refractivity contribution in [2.75, 3.05) is 44.6 Å². The normalized spacial score (nSPS) is 14.8. The molecule has 4 aromatic rings. The van der Waals surface area contributed by atoms with E-state index in [9.17, 15) is 4.79 Å². The van der Waals surface area contributed by atoms with Crippen molar-refractivity contribution in [2.24, 2.45) is 0 Å². The van der Waals surface area contributed by atoms with Gasteiger partial charge in [0.2, 0.25) is 5.75 Å². The Morgan fingerprint density at radius 3 is 2.22 bits per heavy atom. The fourth-order valence-corrected chi connectivity index (χ4v) is 5.50. The molecule has 1 aromatic heterocycles. The number of aromatic nitrogens is 1. The molecule has 2 heterocycles. The van der Waals surface area contributed by atoms with Gasteiger partial charge in [0.05, 0.1) is 43.7 Å². The number of carbonyl (C=O) groups excluding carboxylic acids is 1. The van der Waals surface area contributed by atoms with E-state index in [0.29, 0.717) is 45.5 Å². The van der Waals surface area contributed by atoms with E-state index in [1.54, 1.807) is 21.3 Å². The van der Waals surface area contributed by atoms with Crippen LogP contribution in [0.2, 0.25) is 0 Å². The van der Waals surface area contributed by atoms with E-state index in [0.717, 1.165) is 48.1 Å². The van der Waals surface area contributed by atoms with Crippen molar-refractivity contribution < 1.29 is 23.5 Å². The van der Waals surface area contributed by atoms with Gasteiger partial charge in [0.25, 0.3) is 0 Å². The van der Waals surface area contributed by atoms with Crippen LogP contribution in [0.4, 0.5) is 17.1 Å². The van der Waals surface area contributed by atoms with Crippen LogP contribution >= 0.6 is 0 Å². The maximum absolute atomic E-state index is 13.9. The summed E-state index contributed by atoms with van der Waals surface area (Å²) >= 11 is 0. The largest absolute Gasteiger partial charge is 0.493 e. The van der Waals surface area contributed by atoms with Crippen LogP contribution in [0, 0.1) is 0 Å². The first kappa shape index (κ1) is 23.2. The lowest BCUT2D eigenvalue weighted by Crippen LogP contribution is -2.24. The van der Waals surface area contributed by atoms with Crippen LogP contribution in [0.15, 0.2) is 47.0 Å². The van der Waals surface area contributed by atoms with E-state index in [1.165, 1.54) is 12.8 Å². The zero-order chi connectivity index (χ0) is 25.5. The summed E-state index contributed by atoms with van der Waals surface area (Å²) in [5.74, 6) is 2.12. The number of hydrogen-bond donors (Lipinski definition) is 1. The van der Waals surface area contributed by atoms with Crippen molar-refractivity contribution in [1.82, 2.24) is 5.16 Å². The first-order valence-electron chi connectivity index (χ1n) is 12.6. The fourth-order valence-electron chi connectivity index (χ4n) is 5.50. The smallest absolute Gasteiger partial charge is 0.203 e. The van der Waals surface area contributed by atoms with Crippen LogP contribution in [0.25, 0.3) is 22.2 Å². The minimum absolute atomic E-state index is 0.0614. The van der Waals surface area contributed by atoms with Gasteiger partial charge in [-0.15, -0.1) is 0 Å². The van der Waals surface area contributed by atoms with Crippen molar-refractivity contribution in [1.29, 1.82) is 0 Å². The molecule has 0 spiro atoms. The molecule has 1 aliphatic carbocycles. The molecule has 2 aliphatic rings. The second-order valence-corrected chi connectivity index (χ2v) is 9.37. The Balaban J connectivity index is 1.57. The highest BCUT2D eigenvalue weighted by atomic mass is 16.5. The Morgan fingerprint density at radius 2 is 1.57 bits per heavy atom. The summed E-state index contributed by atoms with van der Waals surface area (Å²) in [6.45, 7) is 1.87.